The van der Waals surface area contributed by atoms with E-state index >= 15 is 0 Å². The Kier molecular flexibility index (Phi) is 4.40. The van der Waals surface area contributed by atoms with Gasteiger partial charge in [-0.25, -0.2) is 14.8 Å². The number of H-pyrrole nitrogens is 1. The highest BCUT2D eigenvalue weighted by Crippen LogP contribution is 2.40. The maximum Gasteiger partial charge on any atom is 0.411 e. The Labute approximate surface area is 145 Å². The van der Waals surface area contributed by atoms with E-state index in [1.54, 1.807) is 11.1 Å². The normalized spacial score (nSPS) is 21.5. The Morgan fingerprint density at radius 3 is 2.88 bits per heavy atom. The first kappa shape index (κ1) is 17.0. The summed E-state index contributed by atoms with van der Waals surface area (Å²) in [6.07, 6.45) is 4.19. The Morgan fingerprint density at radius 1 is 1.46 bits per heavy atom. The lowest BCUT2D eigenvalue weighted by atomic mass is 10.1. The van der Waals surface area contributed by atoms with Gasteiger partial charge in [-0.3, -0.25) is 4.90 Å². The van der Waals surface area contributed by atoms with Crippen LogP contribution in [0.3, 0.4) is 0 Å². The zero-order chi connectivity index (χ0) is 17.5. The fourth-order valence-corrected chi connectivity index (χ4v) is 3.33. The number of carbonyl (C=O) groups is 1. The molecule has 7 nitrogen and oxygen atoms in total. The molecule has 3 heterocycles. The van der Waals surface area contributed by atoms with Crippen molar-refractivity contribution in [3.63, 3.8) is 0 Å². The van der Waals surface area contributed by atoms with Crippen LogP contribution in [0.25, 0.3) is 11.0 Å². The molecule has 1 saturated heterocycles. The lowest BCUT2D eigenvalue weighted by Gasteiger charge is -2.31. The molecule has 8 heteroatoms. The number of aliphatic hydroxyl groups excluding tert-OH is 1. The number of aromatic nitrogens is 3. The van der Waals surface area contributed by atoms with Crippen LogP contribution in [0, 0.1) is 0 Å². The van der Waals surface area contributed by atoms with E-state index in [0.717, 1.165) is 12.0 Å². The summed E-state index contributed by atoms with van der Waals surface area (Å²) >= 11 is 6.09. The number of aliphatic hydroxyl groups is 1. The first-order chi connectivity index (χ1) is 11.3. The number of carbonyl (C=O) groups excluding carboxylic acids is 1. The summed E-state index contributed by atoms with van der Waals surface area (Å²) in [5.41, 5.74) is 1.59. The second-order valence-electron chi connectivity index (χ2n) is 6.95. The van der Waals surface area contributed by atoms with Crippen molar-refractivity contribution in [3.8, 4) is 0 Å². The summed E-state index contributed by atoms with van der Waals surface area (Å²) in [4.78, 5) is 25.6. The van der Waals surface area contributed by atoms with Crippen molar-refractivity contribution in [2.75, 3.05) is 6.61 Å². The number of hydrogen-bond acceptors (Lipinski definition) is 5. The monoisotopic (exact) mass is 352 g/mol. The number of hydrogen-bond donors (Lipinski definition) is 2. The molecule has 1 fully saturated rings. The van der Waals surface area contributed by atoms with Crippen molar-refractivity contribution >= 4 is 28.7 Å². The van der Waals surface area contributed by atoms with Crippen molar-refractivity contribution in [3.05, 3.63) is 23.2 Å². The maximum absolute atomic E-state index is 12.7. The topological polar surface area (TPSA) is 91.3 Å². The molecule has 130 valence electrons. The van der Waals surface area contributed by atoms with Crippen LogP contribution in [0.5, 0.6) is 0 Å². The molecule has 2 N–H and O–H groups in total. The molecule has 3 rings (SSSR count). The van der Waals surface area contributed by atoms with E-state index < -0.39 is 11.7 Å². The summed E-state index contributed by atoms with van der Waals surface area (Å²) < 4.78 is 5.52. The third-order valence-electron chi connectivity index (χ3n) is 4.12. The van der Waals surface area contributed by atoms with E-state index in [1.165, 1.54) is 6.33 Å². The van der Waals surface area contributed by atoms with Gasteiger partial charge in [0.25, 0.3) is 0 Å². The van der Waals surface area contributed by atoms with Crippen molar-refractivity contribution in [2.24, 2.45) is 0 Å². The predicted octanol–water partition coefficient (Wildman–Crippen LogP) is 3.04. The van der Waals surface area contributed by atoms with Gasteiger partial charge in [0, 0.05) is 11.8 Å². The minimum atomic E-state index is -0.601. The largest absolute Gasteiger partial charge is 0.444 e. The summed E-state index contributed by atoms with van der Waals surface area (Å²) in [7, 11) is 0. The lowest BCUT2D eigenvalue weighted by molar-refractivity contribution is 0.00880. The molecule has 1 amide bonds. The van der Waals surface area contributed by atoms with Gasteiger partial charge in [0.1, 0.15) is 17.4 Å². The van der Waals surface area contributed by atoms with Gasteiger partial charge < -0.3 is 14.8 Å². The summed E-state index contributed by atoms with van der Waals surface area (Å²) in [6.45, 7) is 5.36. The quantitative estimate of drug-likeness (QED) is 0.810. The molecule has 24 heavy (non-hydrogen) atoms. The molecule has 2 aromatic rings. The van der Waals surface area contributed by atoms with E-state index in [2.05, 4.69) is 15.0 Å². The summed E-state index contributed by atoms with van der Waals surface area (Å²) in [5.74, 6) is 0. The molecule has 2 unspecified atom stereocenters. The van der Waals surface area contributed by atoms with Gasteiger partial charge in [-0.1, -0.05) is 11.6 Å². The number of ether oxygens (including phenoxy) is 1. The Hall–Kier alpha value is -1.86. The SMILES string of the molecule is CC(C)(C)OC(=O)N1C(CO)CCC1c1c[nH]c2c(Cl)ncnc12. The fourth-order valence-electron chi connectivity index (χ4n) is 3.14. The second kappa shape index (κ2) is 6.22. The van der Waals surface area contributed by atoms with Crippen LogP contribution in [0.1, 0.15) is 45.2 Å². The smallest absolute Gasteiger partial charge is 0.411 e. The number of fused-ring (bicyclic) bond motifs is 1. The van der Waals surface area contributed by atoms with Crippen molar-refractivity contribution in [2.45, 2.75) is 51.3 Å². The van der Waals surface area contributed by atoms with E-state index in [4.69, 9.17) is 16.3 Å². The Morgan fingerprint density at radius 2 is 2.21 bits per heavy atom. The summed E-state index contributed by atoms with van der Waals surface area (Å²) in [5, 5.41) is 9.99. The highest BCUT2D eigenvalue weighted by atomic mass is 35.5. The fraction of sp³-hybridized carbons (Fsp3) is 0.562. The van der Waals surface area contributed by atoms with Crippen LogP contribution >= 0.6 is 11.6 Å². The minimum Gasteiger partial charge on any atom is -0.444 e. The number of likely N-dealkylation sites (tertiary alicyclic amines) is 1. The van der Waals surface area contributed by atoms with Crippen LogP contribution in [0.15, 0.2) is 12.5 Å². The third-order valence-corrected chi connectivity index (χ3v) is 4.41. The van der Waals surface area contributed by atoms with Gasteiger partial charge >= 0.3 is 6.09 Å². The van der Waals surface area contributed by atoms with Gasteiger partial charge in [-0.05, 0) is 33.6 Å². The van der Waals surface area contributed by atoms with Crippen LogP contribution in [-0.2, 0) is 4.74 Å². The van der Waals surface area contributed by atoms with Crippen LogP contribution in [0.2, 0.25) is 5.15 Å². The first-order valence-corrected chi connectivity index (χ1v) is 8.29. The molecule has 0 saturated carbocycles. The lowest BCUT2D eigenvalue weighted by Crippen LogP contribution is -2.42. The molecule has 1 aliphatic rings. The molecule has 0 spiro atoms. The number of amides is 1. The van der Waals surface area contributed by atoms with Crippen LogP contribution < -0.4 is 0 Å². The first-order valence-electron chi connectivity index (χ1n) is 7.91. The molecular weight excluding hydrogens is 332 g/mol. The average molecular weight is 353 g/mol. The molecule has 0 aliphatic carbocycles. The Bertz CT molecular complexity index is 755. The molecule has 1 aliphatic heterocycles. The zero-order valence-corrected chi connectivity index (χ0v) is 14.7. The predicted molar refractivity (Wildman–Crippen MR) is 89.8 cm³/mol. The van der Waals surface area contributed by atoms with Crippen molar-refractivity contribution in [1.29, 1.82) is 0 Å². The second-order valence-corrected chi connectivity index (χ2v) is 7.31. The molecule has 2 aromatic heterocycles. The standard InChI is InChI=1S/C16H21ClN4O3/c1-16(2,3)24-15(23)21-9(7-22)4-5-11(21)10-6-18-13-12(10)19-8-20-14(13)17/h6,8-9,11,18,22H,4-5,7H2,1-3H3. The third kappa shape index (κ3) is 3.06. The Balaban J connectivity index is 1.98. The van der Waals surface area contributed by atoms with Crippen molar-refractivity contribution in [1.82, 2.24) is 19.9 Å². The molecule has 0 aromatic carbocycles. The highest BCUT2D eigenvalue weighted by Gasteiger charge is 2.41. The zero-order valence-electron chi connectivity index (χ0n) is 13.9. The molecule has 0 radical (unpaired) electrons. The molecular formula is C16H21ClN4O3. The van der Waals surface area contributed by atoms with Gasteiger partial charge in [0.2, 0.25) is 0 Å². The number of rotatable bonds is 2. The van der Waals surface area contributed by atoms with Gasteiger partial charge in [-0.15, -0.1) is 0 Å². The number of nitrogens with zero attached hydrogens (tertiary/aromatic N) is 3. The number of nitrogens with one attached hydrogen (secondary N) is 1. The van der Waals surface area contributed by atoms with E-state index in [-0.39, 0.29) is 18.7 Å². The van der Waals surface area contributed by atoms with Crippen molar-refractivity contribution < 1.29 is 14.6 Å². The van der Waals surface area contributed by atoms with Gasteiger partial charge in [0.05, 0.1) is 24.2 Å². The van der Waals surface area contributed by atoms with Gasteiger partial charge in [-0.2, -0.15) is 0 Å². The van der Waals surface area contributed by atoms with Crippen LogP contribution in [-0.4, -0.2) is 49.3 Å². The van der Waals surface area contributed by atoms with Crippen LogP contribution in [0.4, 0.5) is 4.79 Å². The molecule has 2 atom stereocenters. The number of aromatic amines is 1. The van der Waals surface area contributed by atoms with E-state index in [0.29, 0.717) is 22.6 Å². The van der Waals surface area contributed by atoms with E-state index in [1.807, 2.05) is 20.8 Å². The average Bonchev–Trinajstić information content (AvgIpc) is 3.09. The maximum atomic E-state index is 12.7. The highest BCUT2D eigenvalue weighted by molar-refractivity contribution is 6.33. The molecule has 0 bridgehead atoms. The minimum absolute atomic E-state index is 0.103. The number of halogens is 1. The summed E-state index contributed by atoms with van der Waals surface area (Å²) in [6, 6.07) is -0.496. The van der Waals surface area contributed by atoms with Gasteiger partial charge in [0.15, 0.2) is 5.15 Å². The van der Waals surface area contributed by atoms with E-state index in [9.17, 15) is 9.90 Å².